The molecule has 2 nitrogen and oxygen atoms in total. The predicted octanol–water partition coefficient (Wildman–Crippen LogP) is 2.58. The van der Waals surface area contributed by atoms with Crippen LogP contribution in [0.4, 0.5) is 0 Å². The first-order chi connectivity index (χ1) is 7.40. The molecule has 88 valence electrons. The molecule has 0 radical (unpaired) electrons. The molecular formula is C13H25NO. The third-order valence-corrected chi connectivity index (χ3v) is 3.99. The lowest BCUT2D eigenvalue weighted by Crippen LogP contribution is -2.41. The fraction of sp³-hybridized carbons (Fsp3) is 1.00. The maximum absolute atomic E-state index is 5.47. The molecule has 1 N–H and O–H groups in total. The minimum atomic E-state index is 0.783. The van der Waals surface area contributed by atoms with Crippen LogP contribution < -0.4 is 5.32 Å². The van der Waals surface area contributed by atoms with Gasteiger partial charge < -0.3 is 10.1 Å². The van der Waals surface area contributed by atoms with E-state index in [4.69, 9.17) is 4.74 Å². The van der Waals surface area contributed by atoms with Gasteiger partial charge in [0.05, 0.1) is 0 Å². The molecule has 2 unspecified atom stereocenters. The first-order valence-corrected chi connectivity index (χ1v) is 6.71. The van der Waals surface area contributed by atoms with E-state index in [-0.39, 0.29) is 0 Å². The summed E-state index contributed by atoms with van der Waals surface area (Å²) in [6, 6.07) is 0.783. The summed E-state index contributed by atoms with van der Waals surface area (Å²) in [6.07, 6.45) is 8.26. The molecule has 1 saturated heterocycles. The maximum atomic E-state index is 5.47. The molecule has 2 heteroatoms. The Balaban J connectivity index is 1.75. The van der Waals surface area contributed by atoms with Gasteiger partial charge in [-0.2, -0.15) is 0 Å². The van der Waals surface area contributed by atoms with Crippen LogP contribution in [0.3, 0.4) is 0 Å². The zero-order valence-electron chi connectivity index (χ0n) is 10.0. The lowest BCUT2D eigenvalue weighted by atomic mass is 9.76. The van der Waals surface area contributed by atoms with Crippen LogP contribution in [-0.4, -0.2) is 25.8 Å². The normalized spacial score (nSPS) is 29.0. The van der Waals surface area contributed by atoms with Crippen molar-refractivity contribution >= 4 is 0 Å². The van der Waals surface area contributed by atoms with Crippen molar-refractivity contribution in [2.24, 2.45) is 11.8 Å². The van der Waals surface area contributed by atoms with Gasteiger partial charge in [-0.25, -0.2) is 0 Å². The molecule has 0 bridgehead atoms. The Morgan fingerprint density at radius 2 is 2.20 bits per heavy atom. The van der Waals surface area contributed by atoms with Crippen LogP contribution in [-0.2, 0) is 4.74 Å². The molecule has 0 amide bonds. The van der Waals surface area contributed by atoms with Gasteiger partial charge in [-0.15, -0.1) is 0 Å². The molecule has 1 aliphatic heterocycles. The summed E-state index contributed by atoms with van der Waals surface area (Å²) in [5.41, 5.74) is 0. The standard InChI is InChI=1S/C13H25NO/c1-2-7-14-13(12-4-3-5-12)9-11-6-8-15-10-11/h11-14H,2-10H2,1H3. The average molecular weight is 211 g/mol. The van der Waals surface area contributed by atoms with Crippen LogP contribution in [0.5, 0.6) is 0 Å². The van der Waals surface area contributed by atoms with Crippen LogP contribution in [0.1, 0.15) is 45.4 Å². The molecule has 0 aromatic carbocycles. The Labute approximate surface area is 93.8 Å². The van der Waals surface area contributed by atoms with Crippen molar-refractivity contribution in [1.82, 2.24) is 5.32 Å². The van der Waals surface area contributed by atoms with E-state index < -0.39 is 0 Å². The van der Waals surface area contributed by atoms with E-state index in [1.807, 2.05) is 0 Å². The van der Waals surface area contributed by atoms with Gasteiger partial charge in [0.1, 0.15) is 0 Å². The van der Waals surface area contributed by atoms with Gasteiger partial charge in [0.15, 0.2) is 0 Å². The first-order valence-electron chi connectivity index (χ1n) is 6.71. The lowest BCUT2D eigenvalue weighted by Gasteiger charge is -2.35. The largest absolute Gasteiger partial charge is 0.381 e. The summed E-state index contributed by atoms with van der Waals surface area (Å²) in [5, 5.41) is 3.74. The predicted molar refractivity (Wildman–Crippen MR) is 63.0 cm³/mol. The summed E-state index contributed by atoms with van der Waals surface area (Å²) in [5.74, 6) is 1.80. The summed E-state index contributed by atoms with van der Waals surface area (Å²) in [6.45, 7) is 5.45. The number of nitrogens with one attached hydrogen (secondary N) is 1. The highest BCUT2D eigenvalue weighted by atomic mass is 16.5. The fourth-order valence-electron chi connectivity index (χ4n) is 2.74. The van der Waals surface area contributed by atoms with Crippen molar-refractivity contribution in [1.29, 1.82) is 0 Å². The highest BCUT2D eigenvalue weighted by Crippen LogP contribution is 2.33. The van der Waals surface area contributed by atoms with Crippen LogP contribution in [0.25, 0.3) is 0 Å². The van der Waals surface area contributed by atoms with Crippen molar-refractivity contribution in [3.8, 4) is 0 Å². The smallest absolute Gasteiger partial charge is 0.0495 e. The van der Waals surface area contributed by atoms with Crippen molar-refractivity contribution in [3.63, 3.8) is 0 Å². The third-order valence-electron chi connectivity index (χ3n) is 3.99. The highest BCUT2D eigenvalue weighted by molar-refractivity contribution is 4.85. The molecule has 1 saturated carbocycles. The second-order valence-electron chi connectivity index (χ2n) is 5.22. The summed E-state index contributed by atoms with van der Waals surface area (Å²) < 4.78 is 5.47. The van der Waals surface area contributed by atoms with Gasteiger partial charge in [0, 0.05) is 19.3 Å². The zero-order valence-corrected chi connectivity index (χ0v) is 10.0. The number of hydrogen-bond acceptors (Lipinski definition) is 2. The molecule has 1 heterocycles. The van der Waals surface area contributed by atoms with Gasteiger partial charge in [0.2, 0.25) is 0 Å². The second-order valence-corrected chi connectivity index (χ2v) is 5.22. The molecule has 0 aromatic heterocycles. The maximum Gasteiger partial charge on any atom is 0.0495 e. The molecule has 2 rings (SSSR count). The van der Waals surface area contributed by atoms with E-state index >= 15 is 0 Å². The molecular weight excluding hydrogens is 186 g/mol. The van der Waals surface area contributed by atoms with E-state index in [1.54, 1.807) is 0 Å². The van der Waals surface area contributed by atoms with E-state index in [2.05, 4.69) is 12.2 Å². The van der Waals surface area contributed by atoms with Crippen LogP contribution in [0.2, 0.25) is 0 Å². The SMILES string of the molecule is CCCNC(CC1CCOC1)C1CCC1. The fourth-order valence-corrected chi connectivity index (χ4v) is 2.74. The molecule has 15 heavy (non-hydrogen) atoms. The third kappa shape index (κ3) is 3.18. The average Bonchev–Trinajstić information content (AvgIpc) is 2.64. The molecule has 2 atom stereocenters. The van der Waals surface area contributed by atoms with Crippen LogP contribution in [0.15, 0.2) is 0 Å². The summed E-state index contributed by atoms with van der Waals surface area (Å²) in [7, 11) is 0. The van der Waals surface area contributed by atoms with E-state index in [9.17, 15) is 0 Å². The zero-order chi connectivity index (χ0) is 10.5. The minimum Gasteiger partial charge on any atom is -0.381 e. The molecule has 2 aliphatic rings. The van der Waals surface area contributed by atoms with Crippen LogP contribution >= 0.6 is 0 Å². The first kappa shape index (κ1) is 11.4. The Hall–Kier alpha value is -0.0800. The van der Waals surface area contributed by atoms with E-state index in [1.165, 1.54) is 45.1 Å². The summed E-state index contributed by atoms with van der Waals surface area (Å²) >= 11 is 0. The molecule has 0 aromatic rings. The number of rotatable bonds is 6. The quantitative estimate of drug-likeness (QED) is 0.729. The molecule has 0 spiro atoms. The highest BCUT2D eigenvalue weighted by Gasteiger charge is 2.29. The Kier molecular flexibility index (Phi) is 4.45. The number of hydrogen-bond donors (Lipinski definition) is 1. The van der Waals surface area contributed by atoms with Gasteiger partial charge in [-0.3, -0.25) is 0 Å². The van der Waals surface area contributed by atoms with Crippen molar-refractivity contribution in [3.05, 3.63) is 0 Å². The van der Waals surface area contributed by atoms with Gasteiger partial charge in [-0.1, -0.05) is 13.3 Å². The topological polar surface area (TPSA) is 21.3 Å². The van der Waals surface area contributed by atoms with E-state index in [0.717, 1.165) is 31.1 Å². The van der Waals surface area contributed by atoms with Gasteiger partial charge >= 0.3 is 0 Å². The minimum absolute atomic E-state index is 0.783. The van der Waals surface area contributed by atoms with E-state index in [0.29, 0.717) is 0 Å². The van der Waals surface area contributed by atoms with Crippen LogP contribution in [0, 0.1) is 11.8 Å². The lowest BCUT2D eigenvalue weighted by molar-refractivity contribution is 0.164. The Morgan fingerprint density at radius 3 is 2.73 bits per heavy atom. The monoisotopic (exact) mass is 211 g/mol. The molecule has 1 aliphatic carbocycles. The van der Waals surface area contributed by atoms with Gasteiger partial charge in [0.25, 0.3) is 0 Å². The molecule has 2 fully saturated rings. The Morgan fingerprint density at radius 1 is 1.33 bits per heavy atom. The van der Waals surface area contributed by atoms with Crippen molar-refractivity contribution < 1.29 is 4.74 Å². The Bertz CT molecular complexity index is 173. The number of ether oxygens (including phenoxy) is 1. The van der Waals surface area contributed by atoms with Gasteiger partial charge in [-0.05, 0) is 50.5 Å². The second kappa shape index (κ2) is 5.86. The van der Waals surface area contributed by atoms with Crippen molar-refractivity contribution in [2.75, 3.05) is 19.8 Å². The summed E-state index contributed by atoms with van der Waals surface area (Å²) in [4.78, 5) is 0. The van der Waals surface area contributed by atoms with Crippen molar-refractivity contribution in [2.45, 2.75) is 51.5 Å².